The first-order valence-electron chi connectivity index (χ1n) is 7.36. The average molecular weight is 320 g/mol. The van der Waals surface area contributed by atoms with Crippen molar-refractivity contribution < 1.29 is 14.6 Å². The van der Waals surface area contributed by atoms with E-state index in [0.717, 1.165) is 22.1 Å². The quantitative estimate of drug-likeness (QED) is 0.572. The Labute approximate surface area is 139 Å². The zero-order chi connectivity index (χ0) is 16.9. The lowest BCUT2D eigenvalue weighted by Crippen LogP contribution is -2.17. The highest BCUT2D eigenvalue weighted by Crippen LogP contribution is 2.24. The Bertz CT molecular complexity index is 902. The van der Waals surface area contributed by atoms with Gasteiger partial charge in [-0.25, -0.2) is 5.43 Å². The van der Waals surface area contributed by atoms with E-state index >= 15 is 0 Å². The van der Waals surface area contributed by atoms with E-state index < -0.39 is 5.91 Å². The van der Waals surface area contributed by atoms with E-state index in [9.17, 15) is 9.90 Å². The third-order valence-corrected chi connectivity index (χ3v) is 3.60. The Hall–Kier alpha value is -3.34. The molecule has 2 N–H and O–H groups in total. The van der Waals surface area contributed by atoms with Gasteiger partial charge in [-0.1, -0.05) is 24.3 Å². The molecule has 1 amide bonds. The van der Waals surface area contributed by atoms with Crippen LogP contribution in [-0.4, -0.2) is 24.3 Å². The summed E-state index contributed by atoms with van der Waals surface area (Å²) < 4.78 is 5.08. The number of ether oxygens (including phenoxy) is 1. The number of hydrazone groups is 1. The SMILES string of the molecule is COc1ccc(/C=N\NC(=O)c2cc3ccccc3cc2O)cc1. The minimum atomic E-state index is -0.469. The summed E-state index contributed by atoms with van der Waals surface area (Å²) in [5.74, 6) is 0.200. The number of phenolic OH excluding ortho intramolecular Hbond substituents is 1. The number of benzene rings is 3. The molecule has 0 aromatic heterocycles. The topological polar surface area (TPSA) is 70.9 Å². The zero-order valence-electron chi connectivity index (χ0n) is 13.1. The normalized spacial score (nSPS) is 10.9. The highest BCUT2D eigenvalue weighted by atomic mass is 16.5. The zero-order valence-corrected chi connectivity index (χ0v) is 13.1. The van der Waals surface area contributed by atoms with E-state index in [2.05, 4.69) is 10.5 Å². The molecule has 0 heterocycles. The molecule has 0 saturated carbocycles. The molecule has 0 saturated heterocycles. The average Bonchev–Trinajstić information content (AvgIpc) is 2.61. The van der Waals surface area contributed by atoms with Crippen molar-refractivity contribution in [1.29, 1.82) is 0 Å². The van der Waals surface area contributed by atoms with Gasteiger partial charge in [0.1, 0.15) is 11.5 Å². The van der Waals surface area contributed by atoms with Crippen LogP contribution in [0.2, 0.25) is 0 Å². The largest absolute Gasteiger partial charge is 0.507 e. The molecule has 0 unspecified atom stereocenters. The molecule has 0 spiro atoms. The summed E-state index contributed by atoms with van der Waals surface area (Å²) in [5.41, 5.74) is 3.42. The first-order valence-corrected chi connectivity index (χ1v) is 7.36. The summed E-state index contributed by atoms with van der Waals surface area (Å²) in [7, 11) is 1.60. The second-order valence-electron chi connectivity index (χ2n) is 5.19. The van der Waals surface area contributed by atoms with Gasteiger partial charge in [0.2, 0.25) is 0 Å². The minimum Gasteiger partial charge on any atom is -0.507 e. The predicted molar refractivity (Wildman–Crippen MR) is 93.7 cm³/mol. The van der Waals surface area contributed by atoms with Crippen molar-refractivity contribution in [2.24, 2.45) is 5.10 Å². The van der Waals surface area contributed by atoms with Crippen LogP contribution in [0.5, 0.6) is 11.5 Å². The van der Waals surface area contributed by atoms with Crippen molar-refractivity contribution >= 4 is 22.9 Å². The van der Waals surface area contributed by atoms with Crippen LogP contribution in [0, 0.1) is 0 Å². The number of fused-ring (bicyclic) bond motifs is 1. The summed E-state index contributed by atoms with van der Waals surface area (Å²) in [4.78, 5) is 12.2. The summed E-state index contributed by atoms with van der Waals surface area (Å²) in [5, 5.41) is 15.7. The molecule has 5 nitrogen and oxygen atoms in total. The number of aromatic hydroxyl groups is 1. The lowest BCUT2D eigenvalue weighted by molar-refractivity contribution is 0.0952. The molecule has 3 rings (SSSR count). The monoisotopic (exact) mass is 320 g/mol. The van der Waals surface area contributed by atoms with Gasteiger partial charge in [-0.2, -0.15) is 5.10 Å². The lowest BCUT2D eigenvalue weighted by atomic mass is 10.1. The molecule has 3 aromatic rings. The van der Waals surface area contributed by atoms with E-state index in [4.69, 9.17) is 4.74 Å². The summed E-state index contributed by atoms with van der Waals surface area (Å²) in [6.07, 6.45) is 1.52. The second kappa shape index (κ2) is 6.83. The van der Waals surface area contributed by atoms with Crippen molar-refractivity contribution in [1.82, 2.24) is 5.43 Å². The molecule has 0 fully saturated rings. The van der Waals surface area contributed by atoms with Gasteiger partial charge in [0.25, 0.3) is 5.91 Å². The second-order valence-corrected chi connectivity index (χ2v) is 5.19. The van der Waals surface area contributed by atoms with Gasteiger partial charge in [0, 0.05) is 0 Å². The van der Waals surface area contributed by atoms with Gasteiger partial charge in [-0.15, -0.1) is 0 Å². The van der Waals surface area contributed by atoms with Crippen molar-refractivity contribution in [3.05, 3.63) is 71.8 Å². The molecule has 3 aromatic carbocycles. The standard InChI is InChI=1S/C19H16N2O3/c1-24-16-8-6-13(7-9-16)12-20-21-19(23)17-10-14-4-2-3-5-15(14)11-18(17)22/h2-12,22H,1H3,(H,21,23)/b20-12-. The predicted octanol–water partition coefficient (Wildman–Crippen LogP) is 3.32. The van der Waals surface area contributed by atoms with Crippen LogP contribution >= 0.6 is 0 Å². The maximum absolute atomic E-state index is 12.2. The maximum atomic E-state index is 12.2. The number of hydrogen-bond acceptors (Lipinski definition) is 4. The smallest absolute Gasteiger partial charge is 0.275 e. The van der Waals surface area contributed by atoms with E-state index in [1.807, 2.05) is 36.4 Å². The molecular formula is C19H16N2O3. The van der Waals surface area contributed by atoms with E-state index in [1.54, 1.807) is 31.4 Å². The van der Waals surface area contributed by atoms with Crippen molar-refractivity contribution in [2.45, 2.75) is 0 Å². The fourth-order valence-electron chi connectivity index (χ4n) is 2.33. The van der Waals surface area contributed by atoms with Gasteiger partial charge in [0.15, 0.2) is 0 Å². The summed E-state index contributed by atoms with van der Waals surface area (Å²) >= 11 is 0. The fourth-order valence-corrected chi connectivity index (χ4v) is 2.33. The van der Waals surface area contributed by atoms with Gasteiger partial charge in [-0.05, 0) is 52.7 Å². The molecule has 0 bridgehead atoms. The van der Waals surface area contributed by atoms with Crippen LogP contribution in [0.25, 0.3) is 10.8 Å². The minimum absolute atomic E-state index is 0.0779. The number of hydrogen-bond donors (Lipinski definition) is 2. The number of nitrogens with zero attached hydrogens (tertiary/aromatic N) is 1. The summed E-state index contributed by atoms with van der Waals surface area (Å²) in [6.45, 7) is 0. The Kier molecular flexibility index (Phi) is 4.43. The Morgan fingerprint density at radius 3 is 2.42 bits per heavy atom. The fraction of sp³-hybridized carbons (Fsp3) is 0.0526. The Morgan fingerprint density at radius 1 is 1.08 bits per heavy atom. The highest BCUT2D eigenvalue weighted by Gasteiger charge is 2.11. The first-order chi connectivity index (χ1) is 11.7. The molecule has 5 heteroatoms. The molecule has 24 heavy (non-hydrogen) atoms. The van der Waals surface area contributed by atoms with Crippen molar-refractivity contribution in [3.8, 4) is 11.5 Å². The van der Waals surface area contributed by atoms with Crippen LogP contribution in [0.3, 0.4) is 0 Å². The van der Waals surface area contributed by atoms with Crippen LogP contribution < -0.4 is 10.2 Å². The summed E-state index contributed by atoms with van der Waals surface area (Å²) in [6, 6.07) is 18.0. The first kappa shape index (κ1) is 15.6. The molecule has 0 aliphatic heterocycles. The molecule has 0 atom stereocenters. The number of rotatable bonds is 4. The van der Waals surface area contributed by atoms with Crippen LogP contribution in [0.15, 0.2) is 65.8 Å². The van der Waals surface area contributed by atoms with Gasteiger partial charge >= 0.3 is 0 Å². The number of nitrogens with one attached hydrogen (secondary N) is 1. The maximum Gasteiger partial charge on any atom is 0.275 e. The van der Waals surface area contributed by atoms with Crippen LogP contribution in [0.4, 0.5) is 0 Å². The Balaban J connectivity index is 1.74. The van der Waals surface area contributed by atoms with Gasteiger partial charge in [0.05, 0.1) is 18.9 Å². The molecule has 0 aliphatic carbocycles. The van der Waals surface area contributed by atoms with Crippen molar-refractivity contribution in [3.63, 3.8) is 0 Å². The molecular weight excluding hydrogens is 304 g/mol. The van der Waals surface area contributed by atoms with E-state index in [0.29, 0.717) is 0 Å². The van der Waals surface area contributed by atoms with Crippen LogP contribution in [-0.2, 0) is 0 Å². The van der Waals surface area contributed by atoms with E-state index in [1.165, 1.54) is 6.21 Å². The van der Waals surface area contributed by atoms with Crippen LogP contribution in [0.1, 0.15) is 15.9 Å². The molecule has 0 radical (unpaired) electrons. The van der Waals surface area contributed by atoms with Gasteiger partial charge < -0.3 is 9.84 Å². The molecule has 120 valence electrons. The number of amides is 1. The number of carbonyl (C=O) groups excluding carboxylic acids is 1. The third kappa shape index (κ3) is 3.35. The number of methoxy groups -OCH3 is 1. The van der Waals surface area contributed by atoms with E-state index in [-0.39, 0.29) is 11.3 Å². The number of carbonyl (C=O) groups is 1. The lowest BCUT2D eigenvalue weighted by Gasteiger charge is -2.05. The molecule has 0 aliphatic rings. The third-order valence-electron chi connectivity index (χ3n) is 3.60. The van der Waals surface area contributed by atoms with Gasteiger partial charge in [-0.3, -0.25) is 4.79 Å². The number of phenols is 1. The Morgan fingerprint density at radius 2 is 1.75 bits per heavy atom. The highest BCUT2D eigenvalue weighted by molar-refractivity contribution is 6.01. The van der Waals surface area contributed by atoms with Crippen molar-refractivity contribution in [2.75, 3.05) is 7.11 Å².